The van der Waals surface area contributed by atoms with E-state index in [2.05, 4.69) is 49.5 Å². The summed E-state index contributed by atoms with van der Waals surface area (Å²) < 4.78 is 0. The average molecular weight is 302 g/mol. The summed E-state index contributed by atoms with van der Waals surface area (Å²) in [6, 6.07) is 0. The van der Waals surface area contributed by atoms with Crippen molar-refractivity contribution in [2.75, 3.05) is 0 Å². The van der Waals surface area contributed by atoms with Crippen LogP contribution in [0.15, 0.2) is 42.0 Å². The van der Waals surface area contributed by atoms with E-state index in [1.165, 1.54) is 31.3 Å². The maximum atomic E-state index is 3.21. The van der Waals surface area contributed by atoms with Crippen LogP contribution in [0.3, 0.4) is 0 Å². The van der Waals surface area contributed by atoms with Crippen molar-refractivity contribution in [1.29, 1.82) is 0 Å². The molecular weight excluding hydrogens is 281 g/mol. The van der Waals surface area contributed by atoms with Gasteiger partial charge in [-0.25, -0.2) is 11.6 Å². The van der Waals surface area contributed by atoms with Gasteiger partial charge in [-0.05, 0) is 25.7 Å². The van der Waals surface area contributed by atoms with E-state index in [-0.39, 0.29) is 19.5 Å². The topological polar surface area (TPSA) is 0 Å². The van der Waals surface area contributed by atoms with Crippen molar-refractivity contribution in [3.8, 4) is 0 Å². The molecule has 0 aromatic heterocycles. The Morgan fingerprint density at radius 3 is 1.69 bits per heavy atom. The first kappa shape index (κ1) is 15.6. The second-order valence-electron chi connectivity index (χ2n) is 3.76. The van der Waals surface area contributed by atoms with Crippen LogP contribution in [0.2, 0.25) is 0 Å². The van der Waals surface area contributed by atoms with Crippen molar-refractivity contribution in [2.24, 2.45) is 0 Å². The van der Waals surface area contributed by atoms with Crippen molar-refractivity contribution in [3.63, 3.8) is 0 Å². The van der Waals surface area contributed by atoms with Gasteiger partial charge in [-0.2, -0.15) is 6.08 Å². The zero-order valence-corrected chi connectivity index (χ0v) is 11.8. The molecule has 2 aliphatic carbocycles. The number of allylic oxidation sites excluding steroid dienone is 8. The van der Waals surface area contributed by atoms with Gasteiger partial charge >= 0.3 is 19.5 Å². The SMILES string of the molecule is C1=CCC/C=C\CC1.CCC1=[C-]CC=C1.[Ru+]. The zero-order chi connectivity index (χ0) is 10.8. The van der Waals surface area contributed by atoms with Crippen LogP contribution in [-0.2, 0) is 19.5 Å². The minimum Gasteiger partial charge on any atom is -0.270 e. The first-order valence-corrected chi connectivity index (χ1v) is 5.99. The van der Waals surface area contributed by atoms with Crippen LogP contribution in [0.1, 0.15) is 45.4 Å². The largest absolute Gasteiger partial charge is 1.00 e. The van der Waals surface area contributed by atoms with Gasteiger partial charge in [0.05, 0.1) is 0 Å². The molecule has 0 N–H and O–H groups in total. The van der Waals surface area contributed by atoms with Crippen molar-refractivity contribution in [2.45, 2.75) is 45.4 Å². The summed E-state index contributed by atoms with van der Waals surface area (Å²) in [6.45, 7) is 2.15. The summed E-state index contributed by atoms with van der Waals surface area (Å²) in [5, 5.41) is 0. The molecule has 0 amide bonds. The summed E-state index contributed by atoms with van der Waals surface area (Å²) in [4.78, 5) is 0. The van der Waals surface area contributed by atoms with Gasteiger partial charge < -0.3 is 0 Å². The Kier molecular flexibility index (Phi) is 10.8. The molecule has 0 fully saturated rings. The predicted molar refractivity (Wildman–Crippen MR) is 67.6 cm³/mol. The summed E-state index contributed by atoms with van der Waals surface area (Å²) in [6.07, 6.45) is 23.7. The zero-order valence-electron chi connectivity index (χ0n) is 10.1. The van der Waals surface area contributed by atoms with Gasteiger partial charge in [-0.1, -0.05) is 37.6 Å². The number of rotatable bonds is 1. The van der Waals surface area contributed by atoms with Crippen LogP contribution in [-0.4, -0.2) is 0 Å². The maximum absolute atomic E-state index is 3.21. The molecule has 0 aromatic carbocycles. The summed E-state index contributed by atoms with van der Waals surface area (Å²) >= 11 is 0. The summed E-state index contributed by atoms with van der Waals surface area (Å²) in [7, 11) is 0. The average Bonchev–Trinajstić information content (AvgIpc) is 2.69. The van der Waals surface area contributed by atoms with Crippen LogP contribution < -0.4 is 0 Å². The maximum Gasteiger partial charge on any atom is 1.00 e. The Hall–Kier alpha value is -0.417. The fraction of sp³-hybridized carbons (Fsp3) is 0.467. The quantitative estimate of drug-likeness (QED) is 0.372. The van der Waals surface area contributed by atoms with Crippen molar-refractivity contribution < 1.29 is 19.5 Å². The monoisotopic (exact) mass is 303 g/mol. The summed E-state index contributed by atoms with van der Waals surface area (Å²) in [5.74, 6) is 0. The predicted octanol–water partition coefficient (Wildman–Crippen LogP) is 4.76. The van der Waals surface area contributed by atoms with E-state index in [1.807, 2.05) is 0 Å². The molecule has 0 bridgehead atoms. The van der Waals surface area contributed by atoms with Crippen LogP contribution in [0, 0.1) is 6.08 Å². The normalized spacial score (nSPS) is 19.7. The minimum absolute atomic E-state index is 0. The van der Waals surface area contributed by atoms with E-state index in [0.717, 1.165) is 12.8 Å². The minimum atomic E-state index is 0. The molecule has 0 aliphatic heterocycles. The molecule has 0 atom stereocenters. The second kappa shape index (κ2) is 11.1. The molecule has 0 saturated heterocycles. The molecule has 0 aromatic rings. The fourth-order valence-electron chi connectivity index (χ4n) is 1.55. The Bertz CT molecular complexity index is 243. The molecule has 1 heteroatoms. The molecule has 0 saturated carbocycles. The van der Waals surface area contributed by atoms with Gasteiger partial charge in [0.15, 0.2) is 0 Å². The van der Waals surface area contributed by atoms with Gasteiger partial charge in [-0.3, -0.25) is 6.08 Å². The third-order valence-corrected chi connectivity index (χ3v) is 2.48. The van der Waals surface area contributed by atoms with Crippen molar-refractivity contribution in [1.82, 2.24) is 0 Å². The van der Waals surface area contributed by atoms with Crippen LogP contribution in [0.4, 0.5) is 0 Å². The second-order valence-corrected chi connectivity index (χ2v) is 3.76. The Morgan fingerprint density at radius 1 is 0.938 bits per heavy atom. The molecular formula is C15H21Ru. The van der Waals surface area contributed by atoms with Crippen LogP contribution in [0.25, 0.3) is 0 Å². The third-order valence-electron chi connectivity index (χ3n) is 2.48. The molecule has 16 heavy (non-hydrogen) atoms. The molecule has 0 unspecified atom stereocenters. The molecule has 2 rings (SSSR count). The standard InChI is InChI=1S/C8H12.C7H9.Ru/c1-2-4-6-8-7-5-3-1;1-2-7-5-3-4-6-7;/h1-2,7-8H,3-6H2;3,5H,2,4H2,1H3;/q;-1;+1/b2-1-,8-7?;;. The number of hydrogen-bond acceptors (Lipinski definition) is 0. The first-order valence-electron chi connectivity index (χ1n) is 5.99. The first-order chi connectivity index (χ1) is 7.43. The van der Waals surface area contributed by atoms with Gasteiger partial charge in [0, 0.05) is 0 Å². The Morgan fingerprint density at radius 2 is 1.44 bits per heavy atom. The van der Waals surface area contributed by atoms with Crippen LogP contribution >= 0.6 is 0 Å². The van der Waals surface area contributed by atoms with E-state index in [9.17, 15) is 0 Å². The van der Waals surface area contributed by atoms with E-state index < -0.39 is 0 Å². The van der Waals surface area contributed by atoms with E-state index in [4.69, 9.17) is 0 Å². The number of hydrogen-bond donors (Lipinski definition) is 0. The van der Waals surface area contributed by atoms with Gasteiger partial charge in [0.1, 0.15) is 0 Å². The molecule has 0 heterocycles. The smallest absolute Gasteiger partial charge is 0.270 e. The summed E-state index contributed by atoms with van der Waals surface area (Å²) in [5.41, 5.74) is 1.36. The molecule has 2 aliphatic rings. The van der Waals surface area contributed by atoms with E-state index in [0.29, 0.717) is 0 Å². The molecule has 89 valence electrons. The fourth-order valence-corrected chi connectivity index (χ4v) is 1.55. The van der Waals surface area contributed by atoms with Gasteiger partial charge in [0.25, 0.3) is 0 Å². The van der Waals surface area contributed by atoms with Crippen molar-refractivity contribution >= 4 is 0 Å². The molecule has 0 spiro atoms. The van der Waals surface area contributed by atoms with Gasteiger partial charge in [-0.15, -0.1) is 6.42 Å². The molecule has 0 nitrogen and oxygen atoms in total. The molecule has 1 radical (unpaired) electrons. The van der Waals surface area contributed by atoms with E-state index >= 15 is 0 Å². The van der Waals surface area contributed by atoms with Crippen LogP contribution in [0.5, 0.6) is 0 Å². The Balaban J connectivity index is 0.000000267. The third kappa shape index (κ3) is 7.82. The Labute approximate surface area is 113 Å². The van der Waals surface area contributed by atoms with Gasteiger partial charge in [0.2, 0.25) is 0 Å². The van der Waals surface area contributed by atoms with E-state index in [1.54, 1.807) is 0 Å². The van der Waals surface area contributed by atoms with Crippen molar-refractivity contribution in [3.05, 3.63) is 48.1 Å².